The van der Waals surface area contributed by atoms with E-state index in [1.165, 1.54) is 4.90 Å². The lowest BCUT2D eigenvalue weighted by Crippen LogP contribution is -2.15. The summed E-state index contributed by atoms with van der Waals surface area (Å²) in [5.74, 6) is 3.75. The minimum atomic E-state index is -0.378. The van der Waals surface area contributed by atoms with Gasteiger partial charge in [-0.2, -0.15) is 16.7 Å². The smallest absolute Gasteiger partial charge is 0.233 e. The highest BCUT2D eigenvalue weighted by atomic mass is 32.2. The Kier molecular flexibility index (Phi) is 4.33. The van der Waals surface area contributed by atoms with E-state index in [0.29, 0.717) is 11.7 Å². The van der Waals surface area contributed by atoms with Crippen LogP contribution in [0.4, 0.5) is 0 Å². The van der Waals surface area contributed by atoms with Gasteiger partial charge >= 0.3 is 0 Å². The molecule has 2 unspecified atom stereocenters. The SMILES string of the molecule is CCSc1ccc(-c2noc(C3CSCC3O)n2)cc1. The molecule has 3 rings (SSSR count). The molecule has 1 N–H and O–H groups in total. The summed E-state index contributed by atoms with van der Waals surface area (Å²) in [6.07, 6.45) is -0.378. The topological polar surface area (TPSA) is 59.2 Å². The molecule has 0 aliphatic carbocycles. The fourth-order valence-corrected chi connectivity index (χ4v) is 4.04. The summed E-state index contributed by atoms with van der Waals surface area (Å²) in [4.78, 5) is 5.67. The van der Waals surface area contributed by atoms with Crippen molar-refractivity contribution in [3.8, 4) is 11.4 Å². The predicted molar refractivity (Wildman–Crippen MR) is 82.2 cm³/mol. The quantitative estimate of drug-likeness (QED) is 0.876. The summed E-state index contributed by atoms with van der Waals surface area (Å²) < 4.78 is 5.31. The van der Waals surface area contributed by atoms with Gasteiger partial charge in [0.25, 0.3) is 0 Å². The average Bonchev–Trinajstić information content (AvgIpc) is 3.08. The Morgan fingerprint density at radius 2 is 2.15 bits per heavy atom. The Hall–Kier alpha value is -0.980. The molecule has 2 heterocycles. The van der Waals surface area contributed by atoms with Gasteiger partial charge in [-0.15, -0.1) is 11.8 Å². The van der Waals surface area contributed by atoms with E-state index in [4.69, 9.17) is 4.52 Å². The largest absolute Gasteiger partial charge is 0.391 e. The maximum absolute atomic E-state index is 9.87. The molecule has 106 valence electrons. The van der Waals surface area contributed by atoms with Gasteiger partial charge in [-0.3, -0.25) is 0 Å². The molecule has 1 aliphatic heterocycles. The van der Waals surface area contributed by atoms with Crippen molar-refractivity contribution in [2.45, 2.75) is 23.8 Å². The van der Waals surface area contributed by atoms with Crippen molar-refractivity contribution >= 4 is 23.5 Å². The van der Waals surface area contributed by atoms with Crippen molar-refractivity contribution in [2.24, 2.45) is 0 Å². The van der Waals surface area contributed by atoms with Gasteiger partial charge < -0.3 is 9.63 Å². The Bertz CT molecular complexity index is 571. The lowest BCUT2D eigenvalue weighted by Gasteiger charge is -2.06. The second kappa shape index (κ2) is 6.20. The van der Waals surface area contributed by atoms with Crippen LogP contribution in [0, 0.1) is 0 Å². The monoisotopic (exact) mass is 308 g/mol. The van der Waals surface area contributed by atoms with Crippen LogP contribution in [0.2, 0.25) is 0 Å². The molecule has 6 heteroatoms. The van der Waals surface area contributed by atoms with Crippen molar-refractivity contribution in [1.82, 2.24) is 10.1 Å². The molecule has 0 spiro atoms. The first-order valence-corrected chi connectivity index (χ1v) is 8.74. The van der Waals surface area contributed by atoms with Gasteiger partial charge in [0.15, 0.2) is 0 Å². The van der Waals surface area contributed by atoms with Crippen LogP contribution in [0.1, 0.15) is 18.7 Å². The number of aliphatic hydroxyl groups excluding tert-OH is 1. The van der Waals surface area contributed by atoms with E-state index in [1.807, 2.05) is 12.1 Å². The number of aromatic nitrogens is 2. The second-order valence-corrected chi connectivity index (χ2v) is 7.04. The van der Waals surface area contributed by atoms with E-state index in [0.717, 1.165) is 22.8 Å². The molecule has 0 amide bonds. The van der Waals surface area contributed by atoms with E-state index < -0.39 is 0 Å². The van der Waals surface area contributed by atoms with Crippen LogP contribution in [-0.2, 0) is 0 Å². The highest BCUT2D eigenvalue weighted by Crippen LogP contribution is 2.33. The van der Waals surface area contributed by atoms with E-state index in [1.54, 1.807) is 23.5 Å². The first-order chi connectivity index (χ1) is 9.78. The highest BCUT2D eigenvalue weighted by molar-refractivity contribution is 7.99. The summed E-state index contributed by atoms with van der Waals surface area (Å²) in [6, 6.07) is 8.15. The summed E-state index contributed by atoms with van der Waals surface area (Å²) in [5.41, 5.74) is 0.945. The Morgan fingerprint density at radius 1 is 1.35 bits per heavy atom. The molecule has 1 saturated heterocycles. The zero-order valence-corrected chi connectivity index (χ0v) is 12.8. The van der Waals surface area contributed by atoms with Crippen molar-refractivity contribution < 1.29 is 9.63 Å². The van der Waals surface area contributed by atoms with Crippen LogP contribution in [0.5, 0.6) is 0 Å². The number of nitrogens with zero attached hydrogens (tertiary/aromatic N) is 2. The van der Waals surface area contributed by atoms with E-state index in [9.17, 15) is 5.11 Å². The molecule has 0 radical (unpaired) electrons. The Labute approximate surface area is 126 Å². The van der Waals surface area contributed by atoms with E-state index in [2.05, 4.69) is 29.2 Å². The van der Waals surface area contributed by atoms with Gasteiger partial charge in [0.2, 0.25) is 11.7 Å². The summed E-state index contributed by atoms with van der Waals surface area (Å²) in [6.45, 7) is 2.13. The average molecular weight is 308 g/mol. The number of aliphatic hydroxyl groups is 1. The maximum Gasteiger partial charge on any atom is 0.233 e. The van der Waals surface area contributed by atoms with Crippen LogP contribution in [0.25, 0.3) is 11.4 Å². The van der Waals surface area contributed by atoms with Gasteiger partial charge in [-0.1, -0.05) is 12.1 Å². The third kappa shape index (κ3) is 2.87. The van der Waals surface area contributed by atoms with Crippen molar-refractivity contribution in [2.75, 3.05) is 17.3 Å². The summed E-state index contributed by atoms with van der Waals surface area (Å²) >= 11 is 3.52. The third-order valence-corrected chi connectivity index (χ3v) is 5.30. The number of hydrogen-bond donors (Lipinski definition) is 1. The van der Waals surface area contributed by atoms with Gasteiger partial charge in [0.05, 0.1) is 12.0 Å². The standard InChI is InChI=1S/C14H16N2O2S2/c1-2-20-10-5-3-9(4-6-10)13-15-14(18-16-13)11-7-19-8-12(11)17/h3-6,11-12,17H,2,7-8H2,1H3. The zero-order valence-electron chi connectivity index (χ0n) is 11.2. The fourth-order valence-electron chi connectivity index (χ4n) is 2.15. The number of hydrogen-bond acceptors (Lipinski definition) is 6. The molecule has 4 nitrogen and oxygen atoms in total. The number of benzene rings is 1. The van der Waals surface area contributed by atoms with Gasteiger partial charge in [-0.25, -0.2) is 0 Å². The Morgan fingerprint density at radius 3 is 2.80 bits per heavy atom. The van der Waals surface area contributed by atoms with Gasteiger partial charge in [0.1, 0.15) is 0 Å². The van der Waals surface area contributed by atoms with E-state index in [-0.39, 0.29) is 12.0 Å². The molecule has 0 bridgehead atoms. The fraction of sp³-hybridized carbons (Fsp3) is 0.429. The normalized spacial score (nSPS) is 22.3. The molecule has 20 heavy (non-hydrogen) atoms. The van der Waals surface area contributed by atoms with Crippen molar-refractivity contribution in [3.05, 3.63) is 30.2 Å². The Balaban J connectivity index is 1.79. The molecule has 2 aromatic rings. The van der Waals surface area contributed by atoms with Crippen LogP contribution in [0.3, 0.4) is 0 Å². The van der Waals surface area contributed by atoms with Crippen molar-refractivity contribution in [1.29, 1.82) is 0 Å². The van der Waals surface area contributed by atoms with Crippen LogP contribution < -0.4 is 0 Å². The summed E-state index contributed by atoms with van der Waals surface area (Å²) in [7, 11) is 0. The van der Waals surface area contributed by atoms with Crippen LogP contribution in [0.15, 0.2) is 33.7 Å². The second-order valence-electron chi connectivity index (χ2n) is 4.62. The molecular formula is C14H16N2O2S2. The molecule has 1 aliphatic rings. The first-order valence-electron chi connectivity index (χ1n) is 6.60. The third-order valence-electron chi connectivity index (χ3n) is 3.23. The molecule has 1 aromatic heterocycles. The van der Waals surface area contributed by atoms with Crippen molar-refractivity contribution in [3.63, 3.8) is 0 Å². The number of thioether (sulfide) groups is 2. The summed E-state index contributed by atoms with van der Waals surface area (Å²) in [5, 5.41) is 13.9. The molecule has 1 aromatic carbocycles. The molecule has 1 fully saturated rings. The molecular weight excluding hydrogens is 292 g/mol. The van der Waals surface area contributed by atoms with Crippen LogP contribution in [-0.4, -0.2) is 38.6 Å². The zero-order chi connectivity index (χ0) is 13.9. The minimum absolute atomic E-state index is 0.0313. The van der Waals surface area contributed by atoms with Gasteiger partial charge in [0, 0.05) is 22.0 Å². The lowest BCUT2D eigenvalue weighted by molar-refractivity contribution is 0.164. The van der Waals surface area contributed by atoms with E-state index >= 15 is 0 Å². The first kappa shape index (κ1) is 14.0. The highest BCUT2D eigenvalue weighted by Gasteiger charge is 2.32. The van der Waals surface area contributed by atoms with Gasteiger partial charge in [-0.05, 0) is 30.0 Å². The lowest BCUT2D eigenvalue weighted by atomic mass is 10.1. The predicted octanol–water partition coefficient (Wildman–Crippen LogP) is 3.04. The molecule has 0 saturated carbocycles. The van der Waals surface area contributed by atoms with Crippen LogP contribution >= 0.6 is 23.5 Å². The maximum atomic E-state index is 9.87. The minimum Gasteiger partial charge on any atom is -0.391 e. The number of rotatable bonds is 4. The molecule has 2 atom stereocenters.